The Hall–Kier alpha value is -1.96. The summed E-state index contributed by atoms with van der Waals surface area (Å²) in [5, 5.41) is 10.1. The molecule has 0 bridgehead atoms. The lowest BCUT2D eigenvalue weighted by Gasteiger charge is -2.17. The molecule has 5 heteroatoms. The van der Waals surface area contributed by atoms with Crippen LogP contribution in [0.25, 0.3) is 11.6 Å². The van der Waals surface area contributed by atoms with E-state index in [0.717, 1.165) is 22.0 Å². The van der Waals surface area contributed by atoms with Gasteiger partial charge in [0.25, 0.3) is 0 Å². The lowest BCUT2D eigenvalue weighted by Crippen LogP contribution is -2.11. The molecule has 0 unspecified atom stereocenters. The summed E-state index contributed by atoms with van der Waals surface area (Å²) in [5.41, 5.74) is 2.19. The third-order valence-corrected chi connectivity index (χ3v) is 4.57. The molecule has 0 fully saturated rings. The summed E-state index contributed by atoms with van der Waals surface area (Å²) in [6.07, 6.45) is 2.78. The van der Waals surface area contributed by atoms with Crippen LogP contribution in [0.4, 0.5) is 0 Å². The van der Waals surface area contributed by atoms with Crippen molar-refractivity contribution in [3.05, 3.63) is 57.0 Å². The second kappa shape index (κ2) is 8.94. The molecule has 0 saturated carbocycles. The van der Waals surface area contributed by atoms with Crippen molar-refractivity contribution in [2.45, 2.75) is 26.4 Å². The minimum absolute atomic E-state index is 0.0790. The highest BCUT2D eigenvalue weighted by Crippen LogP contribution is 2.38. The average molecular weight is 421 g/mol. The number of hydrogen-bond acceptors (Lipinski definition) is 3. The van der Waals surface area contributed by atoms with Gasteiger partial charge in [-0.1, -0.05) is 30.7 Å². The molecular formula is C20H19BrClNO2. The summed E-state index contributed by atoms with van der Waals surface area (Å²) in [6.45, 7) is 4.07. The smallest absolute Gasteiger partial charge is 0.175 e. The number of benzene rings is 2. The molecule has 0 spiro atoms. The van der Waals surface area contributed by atoms with E-state index < -0.39 is 0 Å². The molecule has 1 atom stereocenters. The number of hydrogen-bond donors (Lipinski definition) is 0. The van der Waals surface area contributed by atoms with E-state index in [0.29, 0.717) is 22.1 Å². The van der Waals surface area contributed by atoms with E-state index in [4.69, 9.17) is 21.1 Å². The van der Waals surface area contributed by atoms with Crippen LogP contribution < -0.4 is 9.47 Å². The second-order valence-electron chi connectivity index (χ2n) is 5.55. The van der Waals surface area contributed by atoms with Gasteiger partial charge in [0.1, 0.15) is 0 Å². The van der Waals surface area contributed by atoms with Crippen molar-refractivity contribution in [2.75, 3.05) is 7.11 Å². The first kappa shape index (κ1) is 19.4. The standard InChI is InChI=1S/C20H19BrClNO2/c1-4-13(2)25-20-18(21)10-14(11-19(20)24-3)9-16(12-23)15-5-7-17(22)8-6-15/h5-11,13H,4H2,1-3H3/b16-9-/t13-/m1/s1. The van der Waals surface area contributed by atoms with Gasteiger partial charge in [-0.3, -0.25) is 0 Å². The van der Waals surface area contributed by atoms with Crippen molar-refractivity contribution in [3.63, 3.8) is 0 Å². The molecule has 2 aromatic carbocycles. The molecule has 0 radical (unpaired) electrons. The largest absolute Gasteiger partial charge is 0.493 e. The number of ether oxygens (including phenoxy) is 2. The molecule has 0 amide bonds. The Balaban J connectivity index is 2.43. The van der Waals surface area contributed by atoms with E-state index in [9.17, 15) is 5.26 Å². The molecule has 0 N–H and O–H groups in total. The number of methoxy groups -OCH3 is 1. The van der Waals surface area contributed by atoms with Crippen LogP contribution in [0.1, 0.15) is 31.4 Å². The second-order valence-corrected chi connectivity index (χ2v) is 6.84. The Morgan fingerprint density at radius 1 is 1.32 bits per heavy atom. The van der Waals surface area contributed by atoms with E-state index in [1.807, 2.05) is 37.3 Å². The maximum Gasteiger partial charge on any atom is 0.175 e. The number of nitriles is 1. The van der Waals surface area contributed by atoms with Crippen LogP contribution in [0.2, 0.25) is 5.02 Å². The van der Waals surface area contributed by atoms with Gasteiger partial charge in [0, 0.05) is 5.02 Å². The third-order valence-electron chi connectivity index (χ3n) is 3.73. The highest BCUT2D eigenvalue weighted by atomic mass is 79.9. The van der Waals surface area contributed by atoms with Gasteiger partial charge in [0.15, 0.2) is 11.5 Å². The Kier molecular flexibility index (Phi) is 6.92. The third kappa shape index (κ3) is 5.01. The molecule has 3 nitrogen and oxygen atoms in total. The average Bonchev–Trinajstić information content (AvgIpc) is 2.62. The topological polar surface area (TPSA) is 42.2 Å². The molecular weight excluding hydrogens is 402 g/mol. The molecule has 0 aromatic heterocycles. The molecule has 2 rings (SSSR count). The number of allylic oxidation sites excluding steroid dienone is 1. The lowest BCUT2D eigenvalue weighted by molar-refractivity contribution is 0.206. The molecule has 130 valence electrons. The zero-order chi connectivity index (χ0) is 18.4. The van der Waals surface area contributed by atoms with Gasteiger partial charge >= 0.3 is 0 Å². The van der Waals surface area contributed by atoms with E-state index in [1.54, 1.807) is 19.2 Å². The Labute approximate surface area is 162 Å². The van der Waals surface area contributed by atoms with Crippen LogP contribution in [-0.2, 0) is 0 Å². The van der Waals surface area contributed by atoms with Crippen molar-refractivity contribution in [2.24, 2.45) is 0 Å². The van der Waals surface area contributed by atoms with Crippen LogP contribution in [0.5, 0.6) is 11.5 Å². The van der Waals surface area contributed by atoms with Crippen molar-refractivity contribution in [3.8, 4) is 17.6 Å². The zero-order valence-electron chi connectivity index (χ0n) is 14.3. The zero-order valence-corrected chi connectivity index (χ0v) is 16.7. The lowest BCUT2D eigenvalue weighted by atomic mass is 10.0. The fourth-order valence-electron chi connectivity index (χ4n) is 2.20. The molecule has 0 saturated heterocycles. The van der Waals surface area contributed by atoms with Crippen LogP contribution in [0.15, 0.2) is 40.9 Å². The van der Waals surface area contributed by atoms with Crippen LogP contribution in [-0.4, -0.2) is 13.2 Å². The van der Waals surface area contributed by atoms with Gasteiger partial charge in [-0.15, -0.1) is 0 Å². The summed E-state index contributed by atoms with van der Waals surface area (Å²) in [4.78, 5) is 0. The Morgan fingerprint density at radius 2 is 2.00 bits per heavy atom. The molecule has 0 aliphatic rings. The molecule has 0 aliphatic carbocycles. The first-order chi connectivity index (χ1) is 12.0. The number of rotatable bonds is 6. The summed E-state index contributed by atoms with van der Waals surface area (Å²) in [5.74, 6) is 1.29. The summed E-state index contributed by atoms with van der Waals surface area (Å²) in [6, 6.07) is 13.2. The van der Waals surface area contributed by atoms with Crippen molar-refractivity contribution < 1.29 is 9.47 Å². The Bertz CT molecular complexity index is 810. The predicted octanol–water partition coefficient (Wildman–Crippen LogP) is 6.35. The fourth-order valence-corrected chi connectivity index (χ4v) is 2.88. The van der Waals surface area contributed by atoms with Crippen molar-refractivity contribution in [1.29, 1.82) is 5.26 Å². The predicted molar refractivity (Wildman–Crippen MR) is 106 cm³/mol. The number of halogens is 2. The SMILES string of the molecule is CC[C@@H](C)Oc1c(Br)cc(/C=C(/C#N)c2ccc(Cl)cc2)cc1OC. The van der Waals surface area contributed by atoms with Crippen molar-refractivity contribution >= 4 is 39.2 Å². The van der Waals surface area contributed by atoms with E-state index in [2.05, 4.69) is 28.9 Å². The highest BCUT2D eigenvalue weighted by molar-refractivity contribution is 9.10. The van der Waals surface area contributed by atoms with Gasteiger partial charge in [-0.25, -0.2) is 0 Å². The van der Waals surface area contributed by atoms with Gasteiger partial charge in [-0.2, -0.15) is 5.26 Å². The highest BCUT2D eigenvalue weighted by Gasteiger charge is 2.14. The minimum Gasteiger partial charge on any atom is -0.493 e. The fraction of sp³-hybridized carbons (Fsp3) is 0.250. The summed E-state index contributed by atoms with van der Waals surface area (Å²) < 4.78 is 12.2. The minimum atomic E-state index is 0.0790. The summed E-state index contributed by atoms with van der Waals surface area (Å²) >= 11 is 9.45. The van der Waals surface area contributed by atoms with Gasteiger partial charge in [0.2, 0.25) is 0 Å². The van der Waals surface area contributed by atoms with Crippen LogP contribution >= 0.6 is 27.5 Å². The normalized spacial score (nSPS) is 12.4. The molecule has 0 heterocycles. The van der Waals surface area contributed by atoms with Crippen LogP contribution in [0, 0.1) is 11.3 Å². The number of nitrogens with zero attached hydrogens (tertiary/aromatic N) is 1. The van der Waals surface area contributed by atoms with Gasteiger partial charge in [-0.05, 0) is 70.7 Å². The van der Waals surface area contributed by atoms with E-state index in [-0.39, 0.29) is 6.10 Å². The first-order valence-electron chi connectivity index (χ1n) is 7.90. The maximum atomic E-state index is 9.49. The quantitative estimate of drug-likeness (QED) is 0.404. The molecule has 0 aliphatic heterocycles. The summed E-state index contributed by atoms with van der Waals surface area (Å²) in [7, 11) is 1.60. The Morgan fingerprint density at radius 3 is 2.56 bits per heavy atom. The maximum absolute atomic E-state index is 9.49. The van der Waals surface area contributed by atoms with Gasteiger partial charge in [0.05, 0.1) is 29.3 Å². The van der Waals surface area contributed by atoms with Gasteiger partial charge < -0.3 is 9.47 Å². The van der Waals surface area contributed by atoms with E-state index >= 15 is 0 Å². The molecule has 2 aromatic rings. The van der Waals surface area contributed by atoms with Crippen molar-refractivity contribution in [1.82, 2.24) is 0 Å². The van der Waals surface area contributed by atoms with E-state index in [1.165, 1.54) is 0 Å². The van der Waals surface area contributed by atoms with Crippen LogP contribution in [0.3, 0.4) is 0 Å². The first-order valence-corrected chi connectivity index (χ1v) is 9.07. The molecule has 25 heavy (non-hydrogen) atoms. The monoisotopic (exact) mass is 419 g/mol.